The van der Waals surface area contributed by atoms with Gasteiger partial charge in [0.1, 0.15) is 48.2 Å². The predicted octanol–water partition coefficient (Wildman–Crippen LogP) is -0.737. The summed E-state index contributed by atoms with van der Waals surface area (Å²) in [6.45, 7) is 5.68. The molecule has 0 aliphatic carbocycles. The topological polar surface area (TPSA) is 285 Å². The first-order valence-corrected chi connectivity index (χ1v) is 18.9. The number of benzene rings is 1. The van der Waals surface area contributed by atoms with Gasteiger partial charge < -0.3 is 54.9 Å². The predicted molar refractivity (Wildman–Crippen MR) is 186 cm³/mol. The fourth-order valence-electron chi connectivity index (χ4n) is 5.20. The van der Waals surface area contributed by atoms with Crippen LogP contribution in [-0.4, -0.2) is 137 Å². The lowest BCUT2D eigenvalue weighted by Gasteiger charge is -2.38. The van der Waals surface area contributed by atoms with Crippen LogP contribution in [-0.2, 0) is 50.2 Å². The zero-order valence-corrected chi connectivity index (χ0v) is 31.0. The normalized spacial score (nSPS) is 22.0. The Hall–Kier alpha value is -4.34. The third-order valence-electron chi connectivity index (χ3n) is 8.21. The lowest BCUT2D eigenvalue weighted by molar-refractivity contribution is -0.271. The van der Waals surface area contributed by atoms with E-state index in [-0.39, 0.29) is 50.0 Å². The van der Waals surface area contributed by atoms with Crippen molar-refractivity contribution in [2.75, 3.05) is 32.0 Å². The molecule has 0 aromatic heterocycles. The van der Waals surface area contributed by atoms with Gasteiger partial charge in [0.05, 0.1) is 12.0 Å². The molecule has 20 heteroatoms. The first kappa shape index (κ1) is 44.1. The van der Waals surface area contributed by atoms with Crippen molar-refractivity contribution < 1.29 is 76.3 Å². The number of carbonyl (C=O) groups excluding carboxylic acids is 4. The van der Waals surface area contributed by atoms with E-state index in [1.54, 1.807) is 31.7 Å². The van der Waals surface area contributed by atoms with Crippen LogP contribution in [0.5, 0.6) is 11.5 Å². The van der Waals surface area contributed by atoms with Crippen molar-refractivity contribution in [2.24, 2.45) is 5.41 Å². The highest BCUT2D eigenvalue weighted by Crippen LogP contribution is 2.30. The highest BCUT2D eigenvalue weighted by Gasteiger charge is 2.48. The number of amides is 3. The number of nitrogens with one attached hydrogen (secondary N) is 2. The molecule has 302 valence electrons. The second-order valence-electron chi connectivity index (χ2n) is 13.8. The minimum Gasteiger partial charge on any atom is -0.493 e. The highest BCUT2D eigenvalue weighted by atomic mass is 32.2. The maximum atomic E-state index is 12.8. The molecule has 0 saturated carbocycles. The smallest absolute Gasteiger partial charge is 0.335 e. The Labute approximate surface area is 312 Å². The Balaban J connectivity index is 1.58. The summed E-state index contributed by atoms with van der Waals surface area (Å²) in [5, 5.41) is 44.6. The summed E-state index contributed by atoms with van der Waals surface area (Å²) < 4.78 is 54.6. The number of aliphatic hydroxyl groups is 3. The fourth-order valence-corrected chi connectivity index (χ4v) is 5.85. The SMILES string of the molecule is CC(C)(C)C(=O)OCc1ccc(O[C@@H]2O[C@H](C(=O)O)[C@@H](O)[C@H](O)[C@H]2O)cc1OCCCNC(=O)C(CS(=O)(=O)O)NC(=O)CCCCCN1CC=CC1=O. The molecule has 1 unspecified atom stereocenters. The van der Waals surface area contributed by atoms with Crippen LogP contribution >= 0.6 is 0 Å². The van der Waals surface area contributed by atoms with Gasteiger partial charge in [-0.15, -0.1) is 0 Å². The highest BCUT2D eigenvalue weighted by molar-refractivity contribution is 7.85. The first-order valence-electron chi connectivity index (χ1n) is 17.3. The Morgan fingerprint density at radius 3 is 2.39 bits per heavy atom. The molecule has 54 heavy (non-hydrogen) atoms. The molecule has 2 aliphatic heterocycles. The molecule has 1 saturated heterocycles. The second-order valence-corrected chi connectivity index (χ2v) is 15.3. The van der Waals surface area contributed by atoms with Gasteiger partial charge in [0.15, 0.2) is 6.10 Å². The van der Waals surface area contributed by atoms with Crippen LogP contribution in [0, 0.1) is 5.41 Å². The summed E-state index contributed by atoms with van der Waals surface area (Å²) >= 11 is 0. The van der Waals surface area contributed by atoms with Crippen LogP contribution in [0.15, 0.2) is 30.4 Å². The molecule has 3 amide bonds. The number of unbranched alkanes of at least 4 members (excludes halogenated alkanes) is 2. The minimum absolute atomic E-state index is 0.0139. The monoisotopic (exact) mass is 787 g/mol. The summed E-state index contributed by atoms with van der Waals surface area (Å²) in [5.41, 5.74) is -0.450. The molecule has 1 aromatic carbocycles. The average molecular weight is 788 g/mol. The number of carbonyl (C=O) groups is 5. The van der Waals surface area contributed by atoms with Crippen LogP contribution < -0.4 is 20.1 Å². The second kappa shape index (κ2) is 19.8. The van der Waals surface area contributed by atoms with Gasteiger partial charge in [0.2, 0.25) is 24.0 Å². The quantitative estimate of drug-likeness (QED) is 0.0487. The third kappa shape index (κ3) is 13.8. The van der Waals surface area contributed by atoms with Crippen molar-refractivity contribution in [3.8, 4) is 11.5 Å². The summed E-state index contributed by atoms with van der Waals surface area (Å²) in [7, 11) is -4.66. The van der Waals surface area contributed by atoms with E-state index >= 15 is 0 Å². The molecule has 0 spiro atoms. The number of carboxylic acid groups (broad SMARTS) is 1. The number of aliphatic hydroxyl groups excluding tert-OH is 3. The van der Waals surface area contributed by atoms with E-state index in [0.29, 0.717) is 37.9 Å². The Morgan fingerprint density at radius 1 is 1.04 bits per heavy atom. The average Bonchev–Trinajstić information content (AvgIpc) is 3.49. The molecule has 1 fully saturated rings. The van der Waals surface area contributed by atoms with E-state index in [1.807, 2.05) is 0 Å². The van der Waals surface area contributed by atoms with Gasteiger partial charge in [0.25, 0.3) is 10.1 Å². The van der Waals surface area contributed by atoms with Gasteiger partial charge in [-0.2, -0.15) is 8.42 Å². The fraction of sp³-hybridized carbons (Fsp3) is 0.618. The minimum atomic E-state index is -4.66. The Bertz CT molecular complexity index is 1630. The van der Waals surface area contributed by atoms with Crippen LogP contribution in [0.4, 0.5) is 0 Å². The molecule has 6 atom stereocenters. The zero-order valence-electron chi connectivity index (χ0n) is 30.2. The zero-order chi connectivity index (χ0) is 40.2. The molecule has 0 bridgehead atoms. The Morgan fingerprint density at radius 2 is 1.76 bits per heavy atom. The maximum absolute atomic E-state index is 12.8. The van der Waals surface area contributed by atoms with Crippen molar-refractivity contribution in [3.63, 3.8) is 0 Å². The van der Waals surface area contributed by atoms with Crippen LogP contribution in [0.3, 0.4) is 0 Å². The third-order valence-corrected chi connectivity index (χ3v) is 8.97. The van der Waals surface area contributed by atoms with E-state index in [9.17, 15) is 57.4 Å². The van der Waals surface area contributed by atoms with Gasteiger partial charge in [-0.3, -0.25) is 23.7 Å². The van der Waals surface area contributed by atoms with Gasteiger partial charge in [-0.1, -0.05) is 12.5 Å². The number of aliphatic carboxylic acids is 1. The maximum Gasteiger partial charge on any atom is 0.335 e. The van der Waals surface area contributed by atoms with E-state index in [1.165, 1.54) is 24.3 Å². The van der Waals surface area contributed by atoms with E-state index in [0.717, 1.165) is 0 Å². The van der Waals surface area contributed by atoms with E-state index in [2.05, 4.69) is 10.6 Å². The van der Waals surface area contributed by atoms with Gasteiger partial charge in [-0.05, 0) is 52.2 Å². The van der Waals surface area contributed by atoms with Crippen molar-refractivity contribution >= 4 is 39.8 Å². The lowest BCUT2D eigenvalue weighted by Crippen LogP contribution is -2.61. The van der Waals surface area contributed by atoms with Crippen LogP contribution in [0.25, 0.3) is 0 Å². The summed E-state index contributed by atoms with van der Waals surface area (Å²) in [6, 6.07) is 2.58. The van der Waals surface area contributed by atoms with E-state index < -0.39 is 81.8 Å². The number of ether oxygens (including phenoxy) is 4. The number of nitrogens with zero attached hydrogens (tertiary/aromatic N) is 1. The number of esters is 1. The van der Waals surface area contributed by atoms with Crippen molar-refractivity contribution in [1.82, 2.24) is 15.5 Å². The number of hydrogen-bond donors (Lipinski definition) is 7. The molecule has 1 aromatic rings. The number of rotatable bonds is 20. The largest absolute Gasteiger partial charge is 0.493 e. The molecular formula is C34H49N3O16S. The summed E-state index contributed by atoms with van der Waals surface area (Å²) in [5.74, 6) is -4.62. The van der Waals surface area contributed by atoms with Crippen molar-refractivity contribution in [3.05, 3.63) is 35.9 Å². The van der Waals surface area contributed by atoms with Gasteiger partial charge >= 0.3 is 11.9 Å². The summed E-state index contributed by atoms with van der Waals surface area (Å²) in [4.78, 5) is 62.5. The van der Waals surface area contributed by atoms with Gasteiger partial charge in [-0.25, -0.2) is 4.79 Å². The standard InChI is InChI=1S/C34H49N3O16S/c1-34(2,3)33(46)51-18-20-11-12-21(52-32-28(42)26(40)27(41)29(53-32)31(44)45)17-23(20)50-16-8-13-35-30(43)22(19-54(47,48)49)36-24(38)9-5-4-6-14-37-15-7-10-25(37)39/h7,10-12,17,22,26-29,32,40-42H,4-6,8-9,13-16,18-19H2,1-3H3,(H,35,43)(H,36,38)(H,44,45)(H,47,48,49)/t22?,26-,27-,28+,29-,32+/m0/s1. The summed E-state index contributed by atoms with van der Waals surface area (Å²) in [6.07, 6.45) is -4.22. The molecule has 0 radical (unpaired) electrons. The molecule has 2 aliphatic rings. The lowest BCUT2D eigenvalue weighted by atomic mass is 9.97. The first-order chi connectivity index (χ1) is 25.3. The Kier molecular flexibility index (Phi) is 16.2. The van der Waals surface area contributed by atoms with Crippen molar-refractivity contribution in [2.45, 2.75) is 96.2 Å². The van der Waals surface area contributed by atoms with Gasteiger partial charge in [0, 0.05) is 43.8 Å². The molecule has 19 nitrogen and oxygen atoms in total. The van der Waals surface area contributed by atoms with Crippen molar-refractivity contribution in [1.29, 1.82) is 0 Å². The molecule has 7 N–H and O–H groups in total. The van der Waals surface area contributed by atoms with E-state index in [4.69, 9.17) is 18.9 Å². The number of hydrogen-bond acceptors (Lipinski definition) is 14. The number of carboxylic acids is 1. The molecular weight excluding hydrogens is 738 g/mol. The van der Waals surface area contributed by atoms with Crippen LogP contribution in [0.1, 0.15) is 58.4 Å². The molecule has 3 rings (SSSR count). The molecule has 2 heterocycles. The van der Waals surface area contributed by atoms with Crippen LogP contribution in [0.2, 0.25) is 0 Å².